The fourth-order valence-electron chi connectivity index (χ4n) is 1.05. The van der Waals surface area contributed by atoms with Gasteiger partial charge in [0.15, 0.2) is 5.76 Å². The second-order valence-corrected chi connectivity index (χ2v) is 3.11. The molecule has 0 aliphatic rings. The van der Waals surface area contributed by atoms with Crippen LogP contribution in [0.15, 0.2) is 33.5 Å². The molecular weight excluding hydrogens is 220 g/mol. The molecule has 78 valence electrons. The van der Waals surface area contributed by atoms with Gasteiger partial charge in [0.1, 0.15) is 0 Å². The maximum Gasteiger partial charge on any atom is 0.256 e. The topological polar surface area (TPSA) is 68.3 Å². The quantitative estimate of drug-likeness (QED) is 0.867. The Kier molecular flexibility index (Phi) is 2.73. The highest BCUT2D eigenvalue weighted by atomic mass is 35.5. The number of furan rings is 1. The minimum atomic E-state index is -0.315. The Labute approximate surface area is 90.0 Å². The number of hydrogen-bond donors (Lipinski definition) is 1. The fourth-order valence-corrected chi connectivity index (χ4v) is 1.25. The Balaban J connectivity index is 1.96. The molecule has 5 nitrogen and oxygen atoms in total. The van der Waals surface area contributed by atoms with E-state index in [-0.39, 0.29) is 17.7 Å². The number of aromatic nitrogens is 1. The molecule has 0 unspecified atom stereocenters. The highest BCUT2D eigenvalue weighted by Gasteiger charge is 2.12. The molecule has 6 heteroatoms. The first kappa shape index (κ1) is 9.79. The molecule has 0 radical (unpaired) electrons. The van der Waals surface area contributed by atoms with Gasteiger partial charge in [-0.25, -0.2) is 0 Å². The number of carbonyl (C=O) groups is 1. The summed E-state index contributed by atoms with van der Waals surface area (Å²) < 4.78 is 9.60. The maximum atomic E-state index is 11.5. The predicted molar refractivity (Wildman–Crippen MR) is 51.4 cm³/mol. The molecule has 1 N–H and O–H groups in total. The molecule has 0 atom stereocenters. The van der Waals surface area contributed by atoms with Gasteiger partial charge in [-0.3, -0.25) is 4.79 Å². The van der Waals surface area contributed by atoms with Crippen molar-refractivity contribution in [2.24, 2.45) is 0 Å². The third kappa shape index (κ3) is 2.19. The smallest absolute Gasteiger partial charge is 0.256 e. The van der Waals surface area contributed by atoms with Crippen molar-refractivity contribution in [1.29, 1.82) is 0 Å². The van der Waals surface area contributed by atoms with E-state index in [1.807, 2.05) is 0 Å². The second-order valence-electron chi connectivity index (χ2n) is 2.77. The van der Waals surface area contributed by atoms with Gasteiger partial charge < -0.3 is 14.3 Å². The maximum absolute atomic E-state index is 11.5. The predicted octanol–water partition coefficient (Wildman–Crippen LogP) is 1.85. The minimum Gasteiger partial charge on any atom is -0.452 e. The van der Waals surface area contributed by atoms with Crippen molar-refractivity contribution in [3.63, 3.8) is 0 Å². The summed E-state index contributed by atoms with van der Waals surface area (Å²) in [7, 11) is 0. The van der Waals surface area contributed by atoms with Crippen LogP contribution < -0.4 is 5.32 Å². The second kappa shape index (κ2) is 4.18. The lowest BCUT2D eigenvalue weighted by molar-refractivity contribution is 0.0946. The molecule has 15 heavy (non-hydrogen) atoms. The van der Waals surface area contributed by atoms with Gasteiger partial charge in [-0.2, -0.15) is 0 Å². The number of carbonyl (C=O) groups excluding carboxylic acids is 1. The summed E-state index contributed by atoms with van der Waals surface area (Å²) in [5.74, 6) is 0.258. The first-order valence-corrected chi connectivity index (χ1v) is 4.56. The summed E-state index contributed by atoms with van der Waals surface area (Å²) in [5, 5.41) is 6.19. The average molecular weight is 227 g/mol. The molecule has 0 aliphatic heterocycles. The van der Waals surface area contributed by atoms with Crippen LogP contribution in [0.1, 0.15) is 16.1 Å². The van der Waals surface area contributed by atoms with Gasteiger partial charge in [0.25, 0.3) is 5.91 Å². The van der Waals surface area contributed by atoms with Crippen LogP contribution in [0.5, 0.6) is 0 Å². The number of nitrogens with one attached hydrogen (secondary N) is 1. The lowest BCUT2D eigenvalue weighted by atomic mass is 10.3. The molecule has 0 aliphatic carbocycles. The van der Waals surface area contributed by atoms with E-state index in [0.717, 1.165) is 0 Å². The number of rotatable bonds is 3. The van der Waals surface area contributed by atoms with E-state index in [1.165, 1.54) is 18.5 Å². The molecule has 2 aromatic heterocycles. The van der Waals surface area contributed by atoms with E-state index in [9.17, 15) is 4.79 Å². The zero-order valence-electron chi connectivity index (χ0n) is 7.57. The highest BCUT2D eigenvalue weighted by Crippen LogP contribution is 2.16. The van der Waals surface area contributed by atoms with E-state index in [1.54, 1.807) is 6.07 Å². The highest BCUT2D eigenvalue weighted by molar-refractivity contribution is 6.32. The van der Waals surface area contributed by atoms with Crippen molar-refractivity contribution in [3.8, 4) is 0 Å². The average Bonchev–Trinajstić information content (AvgIpc) is 2.84. The summed E-state index contributed by atoms with van der Waals surface area (Å²) in [6.07, 6.45) is 2.86. The molecule has 2 heterocycles. The third-order valence-electron chi connectivity index (χ3n) is 1.78. The largest absolute Gasteiger partial charge is 0.452 e. The summed E-state index contributed by atoms with van der Waals surface area (Å²) in [6.45, 7) is 0.264. The number of hydrogen-bond acceptors (Lipinski definition) is 4. The Bertz CT molecular complexity index is 450. The van der Waals surface area contributed by atoms with Gasteiger partial charge in [0.2, 0.25) is 5.22 Å². The van der Waals surface area contributed by atoms with Crippen molar-refractivity contribution in [2.75, 3.05) is 0 Å². The van der Waals surface area contributed by atoms with Crippen molar-refractivity contribution in [3.05, 3.63) is 41.1 Å². The lowest BCUT2D eigenvalue weighted by Crippen LogP contribution is -2.22. The van der Waals surface area contributed by atoms with Crippen LogP contribution in [0, 0.1) is 0 Å². The monoisotopic (exact) mass is 226 g/mol. The molecule has 0 aromatic carbocycles. The van der Waals surface area contributed by atoms with E-state index in [4.69, 9.17) is 20.5 Å². The summed E-state index contributed by atoms with van der Waals surface area (Å²) in [5.41, 5.74) is 0.302. The van der Waals surface area contributed by atoms with Crippen LogP contribution in [0.25, 0.3) is 0 Å². The molecule has 0 saturated heterocycles. The number of nitrogens with zero attached hydrogens (tertiary/aromatic N) is 1. The minimum absolute atomic E-state index is 0.0741. The fraction of sp³-hybridized carbons (Fsp3) is 0.111. The van der Waals surface area contributed by atoms with Crippen LogP contribution in [0.2, 0.25) is 5.22 Å². The van der Waals surface area contributed by atoms with Gasteiger partial charge in [-0.1, -0.05) is 5.16 Å². The van der Waals surface area contributed by atoms with Crippen LogP contribution >= 0.6 is 11.6 Å². The first-order valence-electron chi connectivity index (χ1n) is 4.18. The van der Waals surface area contributed by atoms with Crippen LogP contribution in [0.3, 0.4) is 0 Å². The molecule has 0 bridgehead atoms. The first-order chi connectivity index (χ1) is 7.27. The van der Waals surface area contributed by atoms with E-state index < -0.39 is 0 Å². The Morgan fingerprint density at radius 1 is 1.53 bits per heavy atom. The van der Waals surface area contributed by atoms with Crippen molar-refractivity contribution in [1.82, 2.24) is 10.5 Å². The number of halogens is 1. The summed E-state index contributed by atoms with van der Waals surface area (Å²) >= 11 is 5.63. The van der Waals surface area contributed by atoms with Gasteiger partial charge >= 0.3 is 0 Å². The van der Waals surface area contributed by atoms with E-state index in [2.05, 4.69) is 10.5 Å². The van der Waals surface area contributed by atoms with Crippen molar-refractivity contribution < 1.29 is 13.7 Å². The molecule has 2 rings (SSSR count). The zero-order chi connectivity index (χ0) is 10.7. The van der Waals surface area contributed by atoms with Gasteiger partial charge in [-0.15, -0.1) is 0 Å². The van der Waals surface area contributed by atoms with Crippen LogP contribution in [-0.2, 0) is 6.54 Å². The molecule has 1 amide bonds. The molecule has 0 fully saturated rings. The Morgan fingerprint density at radius 2 is 2.40 bits per heavy atom. The molecule has 0 spiro atoms. The zero-order valence-corrected chi connectivity index (χ0v) is 8.32. The van der Waals surface area contributed by atoms with Crippen LogP contribution in [0.4, 0.5) is 0 Å². The van der Waals surface area contributed by atoms with Gasteiger partial charge in [0, 0.05) is 6.07 Å². The molecule has 0 saturated carbocycles. The summed E-state index contributed by atoms with van der Waals surface area (Å²) in [4.78, 5) is 11.5. The van der Waals surface area contributed by atoms with E-state index >= 15 is 0 Å². The molecule has 2 aromatic rings. The number of amides is 1. The summed E-state index contributed by atoms with van der Waals surface area (Å²) in [6, 6.07) is 3.16. The van der Waals surface area contributed by atoms with Crippen molar-refractivity contribution in [2.45, 2.75) is 6.54 Å². The third-order valence-corrected chi connectivity index (χ3v) is 2.07. The van der Waals surface area contributed by atoms with Gasteiger partial charge in [-0.05, 0) is 17.7 Å². The van der Waals surface area contributed by atoms with Crippen molar-refractivity contribution >= 4 is 17.5 Å². The van der Waals surface area contributed by atoms with Gasteiger partial charge in [0.05, 0.1) is 24.6 Å². The normalized spacial score (nSPS) is 10.2. The lowest BCUT2D eigenvalue weighted by Gasteiger charge is -1.99. The Hall–Kier alpha value is -1.75. The standard InChI is InChI=1S/C9H7ClN2O3/c10-8-7(2-4-14-8)9(13)11-5-6-1-3-12-15-6/h1-4H,5H2,(H,11,13). The van der Waals surface area contributed by atoms with E-state index in [0.29, 0.717) is 11.3 Å². The Morgan fingerprint density at radius 3 is 3.00 bits per heavy atom. The van der Waals surface area contributed by atoms with Crippen LogP contribution in [-0.4, -0.2) is 11.1 Å². The SMILES string of the molecule is O=C(NCc1ccno1)c1ccoc1Cl. The molecular formula is C9H7ClN2O3.